The summed E-state index contributed by atoms with van der Waals surface area (Å²) in [7, 11) is -3.41. The van der Waals surface area contributed by atoms with E-state index in [9.17, 15) is 18.7 Å². The molecule has 2 aromatic heterocycles. The summed E-state index contributed by atoms with van der Waals surface area (Å²) >= 11 is 0. The lowest BCUT2D eigenvalue weighted by atomic mass is 9.94. The number of hydrogen-bond donors (Lipinski definition) is 3. The van der Waals surface area contributed by atoms with Crippen molar-refractivity contribution in [2.24, 2.45) is 0 Å². The van der Waals surface area contributed by atoms with Gasteiger partial charge >= 0.3 is 0 Å². The van der Waals surface area contributed by atoms with Gasteiger partial charge in [-0.1, -0.05) is 13.0 Å². The molecule has 2 aliphatic heterocycles. The van der Waals surface area contributed by atoms with Gasteiger partial charge in [-0.3, -0.25) is 10.2 Å². The third kappa shape index (κ3) is 3.95. The number of hydroxylamine groups is 1. The van der Waals surface area contributed by atoms with Crippen molar-refractivity contribution < 1.29 is 23.5 Å². The molecule has 3 unspecified atom stereocenters. The highest BCUT2D eigenvalue weighted by Crippen LogP contribution is 2.47. The van der Waals surface area contributed by atoms with Crippen molar-refractivity contribution in [2.75, 3.05) is 16.1 Å². The quantitative estimate of drug-likeness (QED) is 0.516. The fourth-order valence-electron chi connectivity index (χ4n) is 4.23. The Morgan fingerprint density at radius 2 is 2.03 bits per heavy atom. The van der Waals surface area contributed by atoms with Gasteiger partial charge in [-0.15, -0.1) is 0 Å². The van der Waals surface area contributed by atoms with Gasteiger partial charge in [-0.25, -0.2) is 18.5 Å². The number of hydrogen-bond acceptors (Lipinski definition) is 9. The van der Waals surface area contributed by atoms with Gasteiger partial charge in [0.15, 0.2) is 27.3 Å². The molecule has 3 atom stereocenters. The van der Waals surface area contributed by atoms with E-state index >= 15 is 0 Å². The van der Waals surface area contributed by atoms with Gasteiger partial charge in [0.05, 0.1) is 28.9 Å². The van der Waals surface area contributed by atoms with Gasteiger partial charge in [0.1, 0.15) is 0 Å². The molecule has 0 radical (unpaired) electrons. The summed E-state index contributed by atoms with van der Waals surface area (Å²) in [6.07, 6.45) is 2.53. The number of ether oxygens (including phenoxy) is 1. The summed E-state index contributed by atoms with van der Waals surface area (Å²) in [5.41, 5.74) is 4.18. The molecule has 1 saturated heterocycles. The Morgan fingerprint density at radius 3 is 2.67 bits per heavy atom. The molecule has 33 heavy (non-hydrogen) atoms. The fourth-order valence-corrected chi connectivity index (χ4v) is 5.01. The van der Waals surface area contributed by atoms with Crippen LogP contribution in [0.15, 0.2) is 59.9 Å². The summed E-state index contributed by atoms with van der Waals surface area (Å²) in [4.78, 5) is 8.52. The minimum atomic E-state index is -3.41. The number of nitrogens with zero attached hydrogens (tertiary/aromatic N) is 3. The number of pyridine rings is 2. The SMILES string of the molecule is CCS(=O)(=O)c1ccc(-c2cc3c(cc2C2CCC(O)O2)N(O)C(c2ccccn2)N3)cn1. The van der Waals surface area contributed by atoms with Gasteiger partial charge in [-0.2, -0.15) is 0 Å². The second-order valence-electron chi connectivity index (χ2n) is 8.05. The number of rotatable bonds is 5. The van der Waals surface area contributed by atoms with Crippen LogP contribution in [-0.4, -0.2) is 40.7 Å². The van der Waals surface area contributed by atoms with Crippen molar-refractivity contribution in [2.45, 2.75) is 43.4 Å². The van der Waals surface area contributed by atoms with E-state index in [2.05, 4.69) is 15.3 Å². The van der Waals surface area contributed by atoms with Crippen LogP contribution >= 0.6 is 0 Å². The summed E-state index contributed by atoms with van der Waals surface area (Å²) < 4.78 is 30.0. The monoisotopic (exact) mass is 468 g/mol. The van der Waals surface area contributed by atoms with Gasteiger partial charge in [-0.05, 0) is 53.9 Å². The Kier molecular flexibility index (Phi) is 5.53. The van der Waals surface area contributed by atoms with Crippen molar-refractivity contribution in [1.29, 1.82) is 0 Å². The van der Waals surface area contributed by atoms with Crippen molar-refractivity contribution in [3.63, 3.8) is 0 Å². The summed E-state index contributed by atoms with van der Waals surface area (Å²) in [6, 6.07) is 12.4. The molecule has 1 fully saturated rings. The first kappa shape index (κ1) is 21.8. The highest BCUT2D eigenvalue weighted by molar-refractivity contribution is 7.91. The largest absolute Gasteiger partial charge is 0.368 e. The van der Waals surface area contributed by atoms with Crippen LogP contribution in [0.5, 0.6) is 0 Å². The molecule has 10 heteroatoms. The number of fused-ring (bicyclic) bond motifs is 1. The minimum absolute atomic E-state index is 0.0254. The predicted octanol–water partition coefficient (Wildman–Crippen LogP) is 3.43. The second kappa shape index (κ2) is 8.38. The topological polar surface area (TPSA) is 125 Å². The summed E-state index contributed by atoms with van der Waals surface area (Å²) in [5, 5.41) is 25.3. The lowest BCUT2D eigenvalue weighted by molar-refractivity contribution is -0.0912. The predicted molar refractivity (Wildman–Crippen MR) is 121 cm³/mol. The fraction of sp³-hybridized carbons (Fsp3) is 0.304. The van der Waals surface area contributed by atoms with Crippen LogP contribution in [0.3, 0.4) is 0 Å². The molecule has 0 saturated carbocycles. The van der Waals surface area contributed by atoms with Crippen LogP contribution in [0.4, 0.5) is 11.4 Å². The first-order valence-corrected chi connectivity index (χ1v) is 12.4. The van der Waals surface area contributed by atoms with E-state index in [-0.39, 0.29) is 16.9 Å². The number of nitrogens with one attached hydrogen (secondary N) is 1. The zero-order valence-electron chi connectivity index (χ0n) is 17.9. The summed E-state index contributed by atoms with van der Waals surface area (Å²) in [5.74, 6) is -0.0254. The molecule has 9 nitrogen and oxygen atoms in total. The van der Waals surface area contributed by atoms with E-state index in [4.69, 9.17) is 4.74 Å². The first-order chi connectivity index (χ1) is 15.9. The van der Waals surface area contributed by atoms with Gasteiger partial charge in [0, 0.05) is 24.4 Å². The lowest BCUT2D eigenvalue weighted by Crippen LogP contribution is -2.25. The number of aliphatic hydroxyl groups excluding tert-OH is 1. The molecule has 172 valence electrons. The molecule has 0 spiro atoms. The Balaban J connectivity index is 1.58. The van der Waals surface area contributed by atoms with Crippen LogP contribution in [0.2, 0.25) is 0 Å². The zero-order chi connectivity index (χ0) is 23.2. The van der Waals surface area contributed by atoms with Crippen molar-refractivity contribution in [3.8, 4) is 11.1 Å². The minimum Gasteiger partial charge on any atom is -0.368 e. The Hall–Kier alpha value is -3.05. The van der Waals surface area contributed by atoms with E-state index in [1.165, 1.54) is 12.3 Å². The third-order valence-corrected chi connectivity index (χ3v) is 7.65. The average molecular weight is 469 g/mol. The van der Waals surface area contributed by atoms with Crippen LogP contribution < -0.4 is 10.4 Å². The van der Waals surface area contributed by atoms with Crippen LogP contribution in [0, 0.1) is 0 Å². The van der Waals surface area contributed by atoms with Crippen LogP contribution in [0.1, 0.15) is 43.3 Å². The number of aromatic nitrogens is 2. The molecule has 3 aromatic rings. The van der Waals surface area contributed by atoms with Crippen LogP contribution in [-0.2, 0) is 14.6 Å². The van der Waals surface area contributed by atoms with Gasteiger partial charge < -0.3 is 15.2 Å². The Bertz CT molecular complexity index is 1270. The Morgan fingerprint density at radius 1 is 1.18 bits per heavy atom. The van der Waals surface area contributed by atoms with Crippen molar-refractivity contribution >= 4 is 21.2 Å². The first-order valence-electron chi connectivity index (χ1n) is 10.7. The van der Waals surface area contributed by atoms with E-state index in [1.807, 2.05) is 30.3 Å². The van der Waals surface area contributed by atoms with Crippen molar-refractivity contribution in [3.05, 3.63) is 66.1 Å². The van der Waals surface area contributed by atoms with Crippen molar-refractivity contribution in [1.82, 2.24) is 9.97 Å². The normalized spacial score (nSPS) is 22.3. The molecular weight excluding hydrogens is 444 g/mol. The highest BCUT2D eigenvalue weighted by Gasteiger charge is 2.34. The number of sulfone groups is 1. The highest BCUT2D eigenvalue weighted by atomic mass is 32.2. The van der Waals surface area contributed by atoms with E-state index in [0.717, 1.165) is 16.2 Å². The second-order valence-corrected chi connectivity index (χ2v) is 10.3. The van der Waals surface area contributed by atoms with E-state index in [1.54, 1.807) is 19.2 Å². The number of benzene rings is 1. The maximum Gasteiger partial charge on any atom is 0.195 e. The molecule has 0 amide bonds. The average Bonchev–Trinajstić information content (AvgIpc) is 3.41. The number of anilines is 2. The number of aliphatic hydroxyl groups is 1. The third-order valence-electron chi connectivity index (χ3n) is 6.01. The van der Waals surface area contributed by atoms with Crippen LogP contribution in [0.25, 0.3) is 11.1 Å². The smallest absolute Gasteiger partial charge is 0.195 e. The molecule has 1 aromatic carbocycles. The molecule has 2 aliphatic rings. The van der Waals surface area contributed by atoms with E-state index in [0.29, 0.717) is 35.5 Å². The zero-order valence-corrected chi connectivity index (χ0v) is 18.7. The lowest BCUT2D eigenvalue weighted by Gasteiger charge is -2.20. The van der Waals surface area contributed by atoms with Gasteiger partial charge in [0.2, 0.25) is 0 Å². The summed E-state index contributed by atoms with van der Waals surface area (Å²) in [6.45, 7) is 1.58. The molecule has 5 rings (SSSR count). The molecule has 0 aliphatic carbocycles. The molecule has 3 N–H and O–H groups in total. The Labute approximate surface area is 191 Å². The van der Waals surface area contributed by atoms with E-state index < -0.39 is 22.3 Å². The molecule has 0 bridgehead atoms. The standard InChI is InChI=1S/C23H24N4O5S/c1-2-33(30,31)21-8-6-14(13-25-21)15-11-18-19(12-16(15)20-7-9-22(28)32-20)27(29)23(26-18)17-5-3-4-10-24-17/h3-6,8,10-13,20,22-23,26,28-29H,2,7,9H2,1H3. The maximum atomic E-state index is 12.2. The maximum absolute atomic E-state index is 12.2. The molecular formula is C23H24N4O5S. The molecule has 4 heterocycles. The van der Waals surface area contributed by atoms with Gasteiger partial charge in [0.25, 0.3) is 0 Å².